The Balaban J connectivity index is 1.45. The summed E-state index contributed by atoms with van der Waals surface area (Å²) in [6, 6.07) is 15.9. The molecule has 2 aromatic carbocycles. The van der Waals surface area contributed by atoms with Crippen LogP contribution in [0.15, 0.2) is 53.4 Å². The zero-order valence-electron chi connectivity index (χ0n) is 16.9. The number of ether oxygens (including phenoxy) is 2. The van der Waals surface area contributed by atoms with Crippen molar-refractivity contribution in [1.29, 1.82) is 0 Å². The van der Waals surface area contributed by atoms with Crippen LogP contribution in [0.4, 0.5) is 0 Å². The molecule has 6 heteroatoms. The van der Waals surface area contributed by atoms with E-state index >= 15 is 0 Å². The Morgan fingerprint density at radius 1 is 1.03 bits per heavy atom. The Bertz CT molecular complexity index is 914. The lowest BCUT2D eigenvalue weighted by Gasteiger charge is -2.19. The highest BCUT2D eigenvalue weighted by Crippen LogP contribution is 2.27. The molecule has 1 amide bonds. The zero-order valence-corrected chi connectivity index (χ0v) is 18.5. The number of thiocarbonyl (C=S) groups is 1. The summed E-state index contributed by atoms with van der Waals surface area (Å²) in [4.78, 5) is 12.4. The molecule has 152 valence electrons. The fourth-order valence-corrected chi connectivity index (χ4v) is 3.80. The van der Waals surface area contributed by atoms with Gasteiger partial charge in [-0.2, -0.15) is 0 Å². The zero-order chi connectivity index (χ0) is 20.9. The minimum absolute atomic E-state index is 0.142. The monoisotopic (exact) mass is 427 g/mol. The second-order valence-electron chi connectivity index (χ2n) is 7.75. The SMILES string of the molecule is CC(C)(C)c1ccc(OCCCOc2cccc(/C=C3\SC(=S)NC3=O)c2)cc1. The number of hydrogen-bond acceptors (Lipinski definition) is 5. The number of rotatable bonds is 7. The fourth-order valence-electron chi connectivity index (χ4n) is 2.76. The Hall–Kier alpha value is -2.31. The summed E-state index contributed by atoms with van der Waals surface area (Å²) in [5.74, 6) is 1.48. The highest BCUT2D eigenvalue weighted by molar-refractivity contribution is 8.26. The largest absolute Gasteiger partial charge is 0.493 e. The molecule has 0 aromatic heterocycles. The average molecular weight is 428 g/mol. The molecule has 1 aliphatic heterocycles. The van der Waals surface area contributed by atoms with E-state index in [1.165, 1.54) is 17.3 Å². The molecule has 29 heavy (non-hydrogen) atoms. The topological polar surface area (TPSA) is 47.6 Å². The molecule has 0 aliphatic carbocycles. The smallest absolute Gasteiger partial charge is 0.263 e. The van der Waals surface area contributed by atoms with E-state index in [4.69, 9.17) is 21.7 Å². The molecule has 0 unspecified atom stereocenters. The van der Waals surface area contributed by atoms with Gasteiger partial charge in [-0.1, -0.05) is 69.0 Å². The van der Waals surface area contributed by atoms with Gasteiger partial charge >= 0.3 is 0 Å². The molecular formula is C23H25NO3S2. The molecule has 2 aromatic rings. The summed E-state index contributed by atoms with van der Waals surface area (Å²) in [5.41, 5.74) is 2.33. The molecule has 1 saturated heterocycles. The normalized spacial score (nSPS) is 15.5. The number of nitrogens with one attached hydrogen (secondary N) is 1. The second kappa shape index (κ2) is 9.46. The van der Waals surface area contributed by atoms with E-state index in [1.54, 1.807) is 0 Å². The van der Waals surface area contributed by atoms with Crippen LogP contribution in [-0.2, 0) is 10.2 Å². The maximum Gasteiger partial charge on any atom is 0.263 e. The standard InChI is InChI=1S/C23H25NO3S2/c1-23(2,3)17-8-10-18(11-9-17)26-12-5-13-27-19-7-4-6-16(14-19)15-20-21(25)24-22(28)29-20/h4,6-11,14-15H,5,12-13H2,1-3H3,(H,24,25,28)/b20-15-. The van der Waals surface area contributed by atoms with Gasteiger partial charge in [0, 0.05) is 6.42 Å². The molecule has 0 spiro atoms. The van der Waals surface area contributed by atoms with E-state index in [9.17, 15) is 4.79 Å². The van der Waals surface area contributed by atoms with Gasteiger partial charge in [0.25, 0.3) is 5.91 Å². The van der Waals surface area contributed by atoms with Crippen molar-refractivity contribution in [2.75, 3.05) is 13.2 Å². The first-order valence-electron chi connectivity index (χ1n) is 9.52. The lowest BCUT2D eigenvalue weighted by atomic mass is 9.87. The van der Waals surface area contributed by atoms with Crippen molar-refractivity contribution in [2.24, 2.45) is 0 Å². The first-order chi connectivity index (χ1) is 13.8. The van der Waals surface area contributed by atoms with Crippen molar-refractivity contribution in [1.82, 2.24) is 5.32 Å². The van der Waals surface area contributed by atoms with E-state index in [2.05, 4.69) is 38.2 Å². The van der Waals surface area contributed by atoms with E-state index < -0.39 is 0 Å². The minimum atomic E-state index is -0.154. The van der Waals surface area contributed by atoms with Crippen molar-refractivity contribution in [3.8, 4) is 11.5 Å². The first kappa shape index (κ1) is 21.4. The number of amides is 1. The summed E-state index contributed by atoms with van der Waals surface area (Å²) < 4.78 is 12.1. The van der Waals surface area contributed by atoms with Crippen LogP contribution in [0.5, 0.6) is 11.5 Å². The van der Waals surface area contributed by atoms with Crippen LogP contribution < -0.4 is 14.8 Å². The number of carbonyl (C=O) groups excluding carboxylic acids is 1. The predicted octanol–water partition coefficient (Wildman–Crippen LogP) is 5.32. The third-order valence-corrected chi connectivity index (χ3v) is 5.51. The van der Waals surface area contributed by atoms with Crippen LogP contribution in [-0.4, -0.2) is 23.4 Å². The number of thioether (sulfide) groups is 1. The third kappa shape index (κ3) is 6.34. The molecule has 1 N–H and O–H groups in total. The summed E-state index contributed by atoms with van der Waals surface area (Å²) in [6.07, 6.45) is 2.59. The van der Waals surface area contributed by atoms with Gasteiger partial charge in [-0.25, -0.2) is 0 Å². The number of carbonyl (C=O) groups is 1. The van der Waals surface area contributed by atoms with Crippen LogP contribution in [0.3, 0.4) is 0 Å². The van der Waals surface area contributed by atoms with E-state index in [1.807, 2.05) is 42.5 Å². The second-order valence-corrected chi connectivity index (χ2v) is 9.47. The van der Waals surface area contributed by atoms with Crippen LogP contribution in [0.25, 0.3) is 6.08 Å². The Morgan fingerprint density at radius 2 is 1.72 bits per heavy atom. The molecule has 0 radical (unpaired) electrons. The summed E-state index contributed by atoms with van der Waals surface area (Å²) in [7, 11) is 0. The van der Waals surface area contributed by atoms with Crippen molar-refractivity contribution in [3.05, 3.63) is 64.6 Å². The highest BCUT2D eigenvalue weighted by Gasteiger charge is 2.21. The van der Waals surface area contributed by atoms with Crippen molar-refractivity contribution in [3.63, 3.8) is 0 Å². The molecule has 1 aliphatic rings. The fraction of sp³-hybridized carbons (Fsp3) is 0.304. The molecule has 3 rings (SSSR count). The average Bonchev–Trinajstić information content (AvgIpc) is 2.98. The van der Waals surface area contributed by atoms with Crippen LogP contribution >= 0.6 is 24.0 Å². The first-order valence-corrected chi connectivity index (χ1v) is 10.7. The maximum absolute atomic E-state index is 11.8. The van der Waals surface area contributed by atoms with Crippen LogP contribution in [0.2, 0.25) is 0 Å². The van der Waals surface area contributed by atoms with E-state index in [0.29, 0.717) is 22.4 Å². The van der Waals surface area contributed by atoms with Gasteiger partial charge in [-0.3, -0.25) is 4.79 Å². The molecular weight excluding hydrogens is 402 g/mol. The van der Waals surface area contributed by atoms with Gasteiger partial charge in [0.1, 0.15) is 15.8 Å². The molecule has 1 fully saturated rings. The summed E-state index contributed by atoms with van der Waals surface area (Å²) in [5, 5.41) is 2.62. The predicted molar refractivity (Wildman–Crippen MR) is 123 cm³/mol. The molecule has 4 nitrogen and oxygen atoms in total. The van der Waals surface area contributed by atoms with Crippen molar-refractivity contribution < 1.29 is 14.3 Å². The molecule has 0 bridgehead atoms. The number of hydrogen-bond donors (Lipinski definition) is 1. The maximum atomic E-state index is 11.8. The lowest BCUT2D eigenvalue weighted by Crippen LogP contribution is -2.17. The summed E-state index contributed by atoms with van der Waals surface area (Å²) >= 11 is 6.28. The van der Waals surface area contributed by atoms with Gasteiger partial charge in [0.15, 0.2) is 0 Å². The van der Waals surface area contributed by atoms with Gasteiger partial charge < -0.3 is 14.8 Å². The lowest BCUT2D eigenvalue weighted by molar-refractivity contribution is -0.115. The van der Waals surface area contributed by atoms with Gasteiger partial charge in [-0.15, -0.1) is 0 Å². The third-order valence-electron chi connectivity index (χ3n) is 4.34. The van der Waals surface area contributed by atoms with Gasteiger partial charge in [0.05, 0.1) is 18.1 Å². The van der Waals surface area contributed by atoms with Crippen LogP contribution in [0, 0.1) is 0 Å². The quantitative estimate of drug-likeness (QED) is 0.368. The van der Waals surface area contributed by atoms with Gasteiger partial charge in [-0.05, 0) is 46.9 Å². The summed E-state index contributed by atoms with van der Waals surface area (Å²) in [6.45, 7) is 7.73. The molecule has 0 saturated carbocycles. The Kier molecular flexibility index (Phi) is 6.98. The highest BCUT2D eigenvalue weighted by atomic mass is 32.2. The van der Waals surface area contributed by atoms with Crippen LogP contribution in [0.1, 0.15) is 38.3 Å². The van der Waals surface area contributed by atoms with E-state index in [-0.39, 0.29) is 11.3 Å². The van der Waals surface area contributed by atoms with Crippen molar-refractivity contribution >= 4 is 40.3 Å². The van der Waals surface area contributed by atoms with E-state index in [0.717, 1.165) is 23.5 Å². The number of benzene rings is 2. The molecule has 1 heterocycles. The Morgan fingerprint density at radius 3 is 2.34 bits per heavy atom. The molecule has 0 atom stereocenters. The Labute approximate surface area is 181 Å². The van der Waals surface area contributed by atoms with Crippen molar-refractivity contribution in [2.45, 2.75) is 32.6 Å². The minimum Gasteiger partial charge on any atom is -0.493 e. The van der Waals surface area contributed by atoms with Gasteiger partial charge in [0.2, 0.25) is 0 Å².